The van der Waals surface area contributed by atoms with Gasteiger partial charge in [-0.2, -0.15) is 0 Å². The van der Waals surface area contributed by atoms with E-state index in [0.29, 0.717) is 5.71 Å². The summed E-state index contributed by atoms with van der Waals surface area (Å²) in [6.07, 6.45) is -5.13. The van der Waals surface area contributed by atoms with Crippen LogP contribution < -0.4 is 10.6 Å². The number of carbonyl (C=O) groups is 4. The Morgan fingerprint density at radius 1 is 1.00 bits per heavy atom. The molecule has 246 valence electrons. The summed E-state index contributed by atoms with van der Waals surface area (Å²) in [7, 11) is 0. The molecule has 2 aromatic rings. The Morgan fingerprint density at radius 3 is 2.04 bits per heavy atom. The van der Waals surface area contributed by atoms with E-state index in [1.807, 2.05) is 48.5 Å². The molecule has 0 spiro atoms. The Balaban J connectivity index is 1.42. The average molecular weight is 641 g/mol. The molecule has 1 heterocycles. The number of benzene rings is 2. The number of carboxylic acid groups (broad SMARTS) is 1. The Hall–Kier alpha value is -4.55. The van der Waals surface area contributed by atoms with Gasteiger partial charge in [-0.1, -0.05) is 67.5 Å². The SMILES string of the molecule is CC(C)[C@H](NC(=O)OC(C)(C)C)C(=O)N1C[C@H](ON=C2c3ccccc3-c3ccccc32)CC1C(=O)N[C@@]1(C(=O)O)C[C@H]1C(F)F. The lowest BCUT2D eigenvalue weighted by Gasteiger charge is -2.31. The maximum Gasteiger partial charge on any atom is 0.408 e. The molecule has 11 nitrogen and oxygen atoms in total. The molecule has 1 saturated heterocycles. The highest BCUT2D eigenvalue weighted by atomic mass is 19.3. The lowest BCUT2D eigenvalue weighted by molar-refractivity contribution is -0.146. The second-order valence-corrected chi connectivity index (χ2v) is 13.3. The fourth-order valence-electron chi connectivity index (χ4n) is 6.05. The van der Waals surface area contributed by atoms with Crippen LogP contribution in [-0.4, -0.2) is 81.9 Å². The second-order valence-electron chi connectivity index (χ2n) is 13.3. The van der Waals surface area contributed by atoms with Crippen molar-refractivity contribution in [3.05, 3.63) is 59.7 Å². The number of rotatable bonds is 9. The van der Waals surface area contributed by atoms with Crippen LogP contribution in [0.5, 0.6) is 0 Å². The maximum atomic E-state index is 14.0. The molecule has 1 saturated carbocycles. The highest BCUT2D eigenvalue weighted by Gasteiger charge is 2.66. The minimum atomic E-state index is -2.95. The summed E-state index contributed by atoms with van der Waals surface area (Å²) in [5, 5.41) is 19.1. The van der Waals surface area contributed by atoms with Crippen molar-refractivity contribution in [1.29, 1.82) is 0 Å². The molecule has 3 aliphatic rings. The summed E-state index contributed by atoms with van der Waals surface area (Å²) < 4.78 is 32.3. The number of alkyl carbamates (subject to hydrolysis) is 1. The van der Waals surface area contributed by atoms with Gasteiger partial charge in [0.15, 0.2) is 0 Å². The number of hydrogen-bond donors (Lipinski definition) is 3. The summed E-state index contributed by atoms with van der Waals surface area (Å²) in [4.78, 5) is 59.3. The number of ether oxygens (including phenoxy) is 1. The van der Waals surface area contributed by atoms with Gasteiger partial charge >= 0.3 is 12.1 Å². The Labute approximate surface area is 265 Å². The van der Waals surface area contributed by atoms with Gasteiger partial charge in [-0.25, -0.2) is 18.4 Å². The number of carbonyl (C=O) groups excluding carboxylic acids is 3. The highest BCUT2D eigenvalue weighted by Crippen LogP contribution is 2.48. The lowest BCUT2D eigenvalue weighted by Crippen LogP contribution is -2.57. The summed E-state index contributed by atoms with van der Waals surface area (Å²) in [5.41, 5.74) is 1.25. The predicted octanol–water partition coefficient (Wildman–Crippen LogP) is 4.18. The third-order valence-electron chi connectivity index (χ3n) is 8.45. The number of alkyl halides is 2. The molecule has 2 fully saturated rings. The molecule has 3 amide bonds. The summed E-state index contributed by atoms with van der Waals surface area (Å²) in [6.45, 7) is 8.30. The Kier molecular flexibility index (Phi) is 8.80. The molecule has 2 aromatic carbocycles. The van der Waals surface area contributed by atoms with Crippen molar-refractivity contribution in [1.82, 2.24) is 15.5 Å². The monoisotopic (exact) mass is 640 g/mol. The number of likely N-dealkylation sites (tertiary alicyclic amines) is 1. The molecular formula is C33H38F2N4O7. The van der Waals surface area contributed by atoms with E-state index >= 15 is 0 Å². The Bertz CT molecular complexity index is 1530. The molecule has 1 aliphatic heterocycles. The van der Waals surface area contributed by atoms with E-state index in [1.165, 1.54) is 4.90 Å². The number of aliphatic carboxylic acids is 1. The first-order valence-corrected chi connectivity index (χ1v) is 15.2. The standard InChI is InChI=1S/C33H38F2N4O7/c1-17(2)25(36-31(44)45-32(3,4)5)29(41)39-16-18(14-24(39)28(40)37-33(30(42)43)15-23(33)27(34)35)46-38-26-21-12-8-6-10-19(21)20-11-7-9-13-22(20)26/h6-13,17-18,23-25,27H,14-16H2,1-5H3,(H,36,44)(H,37,40)(H,42,43)/t18-,23+,24?,25+,33+/m1/s1. The zero-order chi connectivity index (χ0) is 33.6. The molecule has 0 radical (unpaired) electrons. The van der Waals surface area contributed by atoms with E-state index in [1.54, 1.807) is 34.6 Å². The first kappa shape index (κ1) is 32.8. The highest BCUT2D eigenvalue weighted by molar-refractivity contribution is 6.24. The zero-order valence-corrected chi connectivity index (χ0v) is 26.3. The summed E-state index contributed by atoms with van der Waals surface area (Å²) in [5.74, 6) is -5.12. The molecule has 1 unspecified atom stereocenters. The van der Waals surface area contributed by atoms with Crippen molar-refractivity contribution in [2.45, 2.75) is 83.2 Å². The van der Waals surface area contributed by atoms with Gasteiger partial charge < -0.3 is 30.2 Å². The average Bonchev–Trinajstić information content (AvgIpc) is 3.42. The van der Waals surface area contributed by atoms with Crippen molar-refractivity contribution in [2.75, 3.05) is 6.54 Å². The van der Waals surface area contributed by atoms with Crippen LogP contribution in [0.3, 0.4) is 0 Å². The van der Waals surface area contributed by atoms with Gasteiger partial charge in [-0.15, -0.1) is 0 Å². The van der Waals surface area contributed by atoms with E-state index in [4.69, 9.17) is 9.57 Å². The van der Waals surface area contributed by atoms with Crippen LogP contribution in [0.4, 0.5) is 13.6 Å². The smallest absolute Gasteiger partial charge is 0.408 e. The number of fused-ring (bicyclic) bond motifs is 3. The largest absolute Gasteiger partial charge is 0.479 e. The van der Waals surface area contributed by atoms with Gasteiger partial charge in [0.1, 0.15) is 35.0 Å². The molecule has 0 bridgehead atoms. The van der Waals surface area contributed by atoms with Gasteiger partial charge in [0.2, 0.25) is 18.2 Å². The topological polar surface area (TPSA) is 147 Å². The van der Waals surface area contributed by atoms with Crippen molar-refractivity contribution < 1.29 is 42.6 Å². The number of nitrogens with zero attached hydrogens (tertiary/aromatic N) is 2. The number of oxime groups is 1. The fourth-order valence-corrected chi connectivity index (χ4v) is 6.05. The summed E-state index contributed by atoms with van der Waals surface area (Å²) >= 11 is 0. The van der Waals surface area contributed by atoms with Gasteiger partial charge in [0.25, 0.3) is 0 Å². The van der Waals surface area contributed by atoms with Gasteiger partial charge in [-0.3, -0.25) is 9.59 Å². The van der Waals surface area contributed by atoms with Gasteiger partial charge in [0, 0.05) is 17.5 Å². The fraction of sp³-hybridized carbons (Fsp3) is 0.485. The van der Waals surface area contributed by atoms with E-state index in [0.717, 1.165) is 22.3 Å². The van der Waals surface area contributed by atoms with E-state index in [2.05, 4.69) is 15.8 Å². The normalized spacial score (nSPS) is 23.8. The van der Waals surface area contributed by atoms with Crippen LogP contribution in [-0.2, 0) is 24.0 Å². The van der Waals surface area contributed by atoms with Crippen LogP contribution in [0.15, 0.2) is 53.7 Å². The van der Waals surface area contributed by atoms with Crippen LogP contribution in [0.25, 0.3) is 11.1 Å². The number of nitrogens with one attached hydrogen (secondary N) is 2. The number of amides is 3. The molecule has 5 atom stereocenters. The molecule has 13 heteroatoms. The molecule has 2 aliphatic carbocycles. The lowest BCUT2D eigenvalue weighted by atomic mass is 10.0. The van der Waals surface area contributed by atoms with Crippen LogP contribution in [0, 0.1) is 11.8 Å². The predicted molar refractivity (Wildman–Crippen MR) is 163 cm³/mol. The Morgan fingerprint density at radius 2 is 1.57 bits per heavy atom. The first-order valence-electron chi connectivity index (χ1n) is 15.2. The minimum absolute atomic E-state index is 0.0933. The summed E-state index contributed by atoms with van der Waals surface area (Å²) in [6, 6.07) is 13.0. The maximum absolute atomic E-state index is 14.0. The van der Waals surface area contributed by atoms with Gasteiger partial charge in [-0.05, 0) is 44.2 Å². The van der Waals surface area contributed by atoms with E-state index in [-0.39, 0.29) is 13.0 Å². The molecule has 0 aromatic heterocycles. The third-order valence-corrected chi connectivity index (χ3v) is 8.45. The van der Waals surface area contributed by atoms with Crippen molar-refractivity contribution in [3.8, 4) is 11.1 Å². The van der Waals surface area contributed by atoms with Crippen molar-refractivity contribution >= 4 is 29.6 Å². The molecule has 3 N–H and O–H groups in total. The molecule has 5 rings (SSSR count). The van der Waals surface area contributed by atoms with Crippen LogP contribution in [0.2, 0.25) is 0 Å². The van der Waals surface area contributed by atoms with Crippen molar-refractivity contribution in [3.63, 3.8) is 0 Å². The van der Waals surface area contributed by atoms with Crippen molar-refractivity contribution in [2.24, 2.45) is 17.0 Å². The molecule has 46 heavy (non-hydrogen) atoms. The number of halogens is 2. The minimum Gasteiger partial charge on any atom is -0.479 e. The first-order chi connectivity index (χ1) is 21.6. The molecular weight excluding hydrogens is 602 g/mol. The van der Waals surface area contributed by atoms with E-state index < -0.39 is 77.9 Å². The van der Waals surface area contributed by atoms with Crippen LogP contribution in [0.1, 0.15) is 58.6 Å². The number of hydrogen-bond acceptors (Lipinski definition) is 7. The zero-order valence-electron chi connectivity index (χ0n) is 26.3. The number of carboxylic acids is 1. The van der Waals surface area contributed by atoms with Crippen LogP contribution >= 0.6 is 0 Å². The van der Waals surface area contributed by atoms with Gasteiger partial charge in [0.05, 0.1) is 12.5 Å². The third kappa shape index (κ3) is 6.40. The second kappa shape index (κ2) is 12.3. The quantitative estimate of drug-likeness (QED) is 0.298. The van der Waals surface area contributed by atoms with E-state index in [9.17, 15) is 33.1 Å².